The third-order valence-corrected chi connectivity index (χ3v) is 3.35. The van der Waals surface area contributed by atoms with Crippen LogP contribution in [-0.4, -0.2) is 49.2 Å². The number of carboxylic acids is 1. The predicted octanol–water partition coefficient (Wildman–Crippen LogP) is 0.982. The number of rotatable bonds is 6. The van der Waals surface area contributed by atoms with Crippen molar-refractivity contribution in [1.29, 1.82) is 0 Å². The molecular weight excluding hydrogens is 222 g/mol. The number of nitrogens with zero attached hydrogens (tertiary/aromatic N) is 1. The second kappa shape index (κ2) is 6.59. The molecule has 0 aromatic rings. The van der Waals surface area contributed by atoms with Crippen molar-refractivity contribution in [2.75, 3.05) is 27.3 Å². The Morgan fingerprint density at radius 2 is 2.00 bits per heavy atom. The first-order valence-electron chi connectivity index (χ1n) is 6.03. The maximum Gasteiger partial charge on any atom is 0.306 e. The van der Waals surface area contributed by atoms with Crippen LogP contribution in [0.4, 0.5) is 0 Å². The van der Waals surface area contributed by atoms with Gasteiger partial charge in [-0.15, -0.1) is 0 Å². The molecule has 1 aliphatic carbocycles. The summed E-state index contributed by atoms with van der Waals surface area (Å²) in [6, 6.07) is 0. The molecule has 0 unspecified atom stereocenters. The Labute approximate surface area is 102 Å². The number of carbonyl (C=O) groups excluding carboxylic acids is 1. The molecule has 1 amide bonds. The van der Waals surface area contributed by atoms with Crippen LogP contribution in [0.3, 0.4) is 0 Å². The number of carboxylic acid groups (broad SMARTS) is 1. The van der Waals surface area contributed by atoms with Gasteiger partial charge in [0, 0.05) is 33.2 Å². The Hall–Kier alpha value is -1.10. The highest BCUT2D eigenvalue weighted by Gasteiger charge is 2.34. The molecule has 0 heterocycles. The fourth-order valence-electron chi connectivity index (χ4n) is 2.30. The largest absolute Gasteiger partial charge is 0.481 e. The molecule has 17 heavy (non-hydrogen) atoms. The van der Waals surface area contributed by atoms with Crippen LogP contribution in [0.5, 0.6) is 0 Å². The number of hydrogen-bond acceptors (Lipinski definition) is 3. The average Bonchev–Trinajstić information content (AvgIpc) is 2.77. The van der Waals surface area contributed by atoms with Gasteiger partial charge < -0.3 is 14.7 Å². The summed E-state index contributed by atoms with van der Waals surface area (Å²) >= 11 is 0. The van der Waals surface area contributed by atoms with E-state index in [-0.39, 0.29) is 17.7 Å². The number of aliphatic carboxylic acids is 1. The molecule has 2 atom stereocenters. The summed E-state index contributed by atoms with van der Waals surface area (Å²) in [5, 5.41) is 8.88. The summed E-state index contributed by atoms with van der Waals surface area (Å²) in [4.78, 5) is 24.5. The fourth-order valence-corrected chi connectivity index (χ4v) is 2.30. The van der Waals surface area contributed by atoms with Crippen molar-refractivity contribution in [3.8, 4) is 0 Å². The third-order valence-electron chi connectivity index (χ3n) is 3.35. The standard InChI is InChI=1S/C12H21NO4/c1-13(6-3-7-17-2)11(14)9-4-5-10(8-9)12(15)16/h9-10H,3-8H2,1-2H3,(H,15,16)/t9-,10+/m1/s1. The molecule has 0 saturated heterocycles. The lowest BCUT2D eigenvalue weighted by Gasteiger charge is -2.20. The van der Waals surface area contributed by atoms with Gasteiger partial charge >= 0.3 is 5.97 Å². The molecular formula is C12H21NO4. The van der Waals surface area contributed by atoms with Gasteiger partial charge in [0.25, 0.3) is 0 Å². The van der Waals surface area contributed by atoms with E-state index in [1.807, 2.05) is 0 Å². The molecule has 0 aliphatic heterocycles. The van der Waals surface area contributed by atoms with Crippen LogP contribution in [0, 0.1) is 11.8 Å². The van der Waals surface area contributed by atoms with Gasteiger partial charge in [-0.25, -0.2) is 0 Å². The topological polar surface area (TPSA) is 66.8 Å². The van der Waals surface area contributed by atoms with E-state index in [2.05, 4.69) is 0 Å². The molecule has 1 aliphatic rings. The molecule has 5 nitrogen and oxygen atoms in total. The van der Waals surface area contributed by atoms with Gasteiger partial charge in [-0.1, -0.05) is 0 Å². The van der Waals surface area contributed by atoms with Gasteiger partial charge in [0.1, 0.15) is 0 Å². The smallest absolute Gasteiger partial charge is 0.306 e. The summed E-state index contributed by atoms with van der Waals surface area (Å²) in [6.45, 7) is 1.31. The Morgan fingerprint density at radius 3 is 2.53 bits per heavy atom. The lowest BCUT2D eigenvalue weighted by Crippen LogP contribution is -2.33. The van der Waals surface area contributed by atoms with E-state index in [9.17, 15) is 9.59 Å². The highest BCUT2D eigenvalue weighted by atomic mass is 16.5. The van der Waals surface area contributed by atoms with Crippen LogP contribution in [0.15, 0.2) is 0 Å². The molecule has 1 N–H and O–H groups in total. The zero-order valence-electron chi connectivity index (χ0n) is 10.5. The molecule has 0 radical (unpaired) electrons. The van der Waals surface area contributed by atoms with Gasteiger partial charge in [-0.2, -0.15) is 0 Å². The van der Waals surface area contributed by atoms with Gasteiger partial charge in [-0.3, -0.25) is 9.59 Å². The van der Waals surface area contributed by atoms with Crippen LogP contribution in [-0.2, 0) is 14.3 Å². The highest BCUT2D eigenvalue weighted by Crippen LogP contribution is 2.32. The molecule has 0 aromatic heterocycles. The minimum Gasteiger partial charge on any atom is -0.481 e. The summed E-state index contributed by atoms with van der Waals surface area (Å²) in [5.74, 6) is -1.15. The van der Waals surface area contributed by atoms with Crippen LogP contribution in [0.1, 0.15) is 25.7 Å². The SMILES string of the molecule is COCCCN(C)C(=O)[C@@H]1CC[C@H](C(=O)O)C1. The van der Waals surface area contributed by atoms with E-state index in [4.69, 9.17) is 9.84 Å². The molecule has 1 fully saturated rings. The number of methoxy groups -OCH3 is 1. The van der Waals surface area contributed by atoms with Gasteiger partial charge in [0.15, 0.2) is 0 Å². The molecule has 1 rings (SSSR count). The summed E-state index contributed by atoms with van der Waals surface area (Å²) in [6.07, 6.45) is 2.62. The molecule has 5 heteroatoms. The molecule has 0 bridgehead atoms. The summed E-state index contributed by atoms with van der Waals surface area (Å²) in [5.41, 5.74) is 0. The quantitative estimate of drug-likeness (QED) is 0.706. The minimum absolute atomic E-state index is 0.0739. The number of hydrogen-bond donors (Lipinski definition) is 1. The Morgan fingerprint density at radius 1 is 1.35 bits per heavy atom. The number of amides is 1. The van der Waals surface area contributed by atoms with Crippen molar-refractivity contribution in [3.63, 3.8) is 0 Å². The van der Waals surface area contributed by atoms with E-state index in [1.165, 1.54) is 0 Å². The van der Waals surface area contributed by atoms with Gasteiger partial charge in [-0.05, 0) is 25.7 Å². The first-order valence-corrected chi connectivity index (χ1v) is 6.03. The highest BCUT2D eigenvalue weighted by molar-refractivity contribution is 5.80. The average molecular weight is 243 g/mol. The van der Waals surface area contributed by atoms with E-state index in [1.54, 1.807) is 19.1 Å². The first-order chi connectivity index (χ1) is 8.06. The van der Waals surface area contributed by atoms with Crippen LogP contribution >= 0.6 is 0 Å². The maximum absolute atomic E-state index is 12.0. The van der Waals surface area contributed by atoms with E-state index in [0.717, 1.165) is 6.42 Å². The van der Waals surface area contributed by atoms with E-state index >= 15 is 0 Å². The number of carbonyl (C=O) groups is 2. The third kappa shape index (κ3) is 4.00. The van der Waals surface area contributed by atoms with Crippen molar-refractivity contribution < 1.29 is 19.4 Å². The van der Waals surface area contributed by atoms with Crippen molar-refractivity contribution in [1.82, 2.24) is 4.90 Å². The normalized spacial score (nSPS) is 23.6. The van der Waals surface area contributed by atoms with Gasteiger partial charge in [0.2, 0.25) is 5.91 Å². The maximum atomic E-state index is 12.0. The Bertz CT molecular complexity index is 280. The number of ether oxygens (including phenoxy) is 1. The predicted molar refractivity (Wildman–Crippen MR) is 62.6 cm³/mol. The summed E-state index contributed by atoms with van der Waals surface area (Å²) in [7, 11) is 3.41. The molecule has 0 spiro atoms. The van der Waals surface area contributed by atoms with Crippen molar-refractivity contribution in [2.45, 2.75) is 25.7 Å². The molecule has 98 valence electrons. The van der Waals surface area contributed by atoms with E-state index < -0.39 is 5.97 Å². The Kier molecular flexibility index (Phi) is 5.41. The summed E-state index contributed by atoms with van der Waals surface area (Å²) < 4.78 is 4.93. The fraction of sp³-hybridized carbons (Fsp3) is 0.833. The van der Waals surface area contributed by atoms with Crippen molar-refractivity contribution in [3.05, 3.63) is 0 Å². The monoisotopic (exact) mass is 243 g/mol. The Balaban J connectivity index is 2.35. The molecule has 0 aromatic carbocycles. The molecule has 1 saturated carbocycles. The van der Waals surface area contributed by atoms with Crippen LogP contribution in [0.2, 0.25) is 0 Å². The minimum atomic E-state index is -0.776. The first kappa shape index (κ1) is 14.0. The second-order valence-electron chi connectivity index (χ2n) is 4.65. The van der Waals surface area contributed by atoms with Gasteiger partial charge in [0.05, 0.1) is 5.92 Å². The lowest BCUT2D eigenvalue weighted by molar-refractivity contribution is -0.141. The van der Waals surface area contributed by atoms with Crippen LogP contribution < -0.4 is 0 Å². The van der Waals surface area contributed by atoms with Crippen molar-refractivity contribution >= 4 is 11.9 Å². The van der Waals surface area contributed by atoms with Crippen molar-refractivity contribution in [2.24, 2.45) is 11.8 Å². The zero-order chi connectivity index (χ0) is 12.8. The lowest BCUT2D eigenvalue weighted by atomic mass is 10.0. The second-order valence-corrected chi connectivity index (χ2v) is 4.65. The van der Waals surface area contributed by atoms with E-state index in [0.29, 0.717) is 32.4 Å². The zero-order valence-corrected chi connectivity index (χ0v) is 10.5. The van der Waals surface area contributed by atoms with Crippen LogP contribution in [0.25, 0.3) is 0 Å².